The molecule has 0 aliphatic carbocycles. The Morgan fingerprint density at radius 1 is 1.14 bits per heavy atom. The van der Waals surface area contributed by atoms with Crippen molar-refractivity contribution >= 4 is 23.4 Å². The van der Waals surface area contributed by atoms with Gasteiger partial charge in [-0.1, -0.05) is 18.7 Å². The lowest BCUT2D eigenvalue weighted by Crippen LogP contribution is -2.41. The zero-order chi connectivity index (χ0) is 21.1. The number of Topliss-reactive ketones (excluding diaryl/α,β-unsaturated/α-hetero) is 1. The third-order valence-corrected chi connectivity index (χ3v) is 5.39. The molecule has 0 atom stereocenters. The maximum absolute atomic E-state index is 12.7. The van der Waals surface area contributed by atoms with Gasteiger partial charge in [-0.25, -0.2) is 4.79 Å². The fourth-order valence-electron chi connectivity index (χ4n) is 2.86. The highest BCUT2D eigenvalue weighted by Gasteiger charge is 2.22. The number of nitrogens with two attached hydrogens (primary N) is 1. The fraction of sp³-hybridized carbons (Fsp3) is 0.333. The van der Waals surface area contributed by atoms with E-state index in [-0.39, 0.29) is 17.1 Å². The van der Waals surface area contributed by atoms with Crippen molar-refractivity contribution in [3.05, 3.63) is 50.9 Å². The van der Waals surface area contributed by atoms with Gasteiger partial charge in [-0.3, -0.25) is 23.7 Å². The number of carbonyl (C=O) groups is 1. The van der Waals surface area contributed by atoms with Crippen molar-refractivity contribution in [1.29, 1.82) is 0 Å². The average Bonchev–Trinajstić information content (AvgIpc) is 3.13. The van der Waals surface area contributed by atoms with Crippen LogP contribution in [0.5, 0.6) is 0 Å². The Hall–Kier alpha value is -3.21. The van der Waals surface area contributed by atoms with E-state index >= 15 is 0 Å². The molecule has 2 N–H and O–H groups in total. The summed E-state index contributed by atoms with van der Waals surface area (Å²) in [6, 6.07) is 3.68. The highest BCUT2D eigenvalue weighted by atomic mass is 32.2. The van der Waals surface area contributed by atoms with E-state index in [1.807, 2.05) is 23.6 Å². The summed E-state index contributed by atoms with van der Waals surface area (Å²) in [4.78, 5) is 41.0. The minimum Gasteiger partial charge on any atom is -0.384 e. The van der Waals surface area contributed by atoms with Gasteiger partial charge in [-0.05, 0) is 18.6 Å². The molecule has 0 aliphatic rings. The molecule has 3 aromatic rings. The van der Waals surface area contributed by atoms with Gasteiger partial charge in [0.05, 0.1) is 5.75 Å². The zero-order valence-corrected chi connectivity index (χ0v) is 17.1. The molecule has 29 heavy (non-hydrogen) atoms. The molecule has 3 heterocycles. The second-order valence-electron chi connectivity index (χ2n) is 6.37. The first-order valence-corrected chi connectivity index (χ1v) is 9.90. The largest absolute Gasteiger partial charge is 0.384 e. The van der Waals surface area contributed by atoms with Gasteiger partial charge < -0.3 is 10.3 Å². The second kappa shape index (κ2) is 8.43. The summed E-state index contributed by atoms with van der Waals surface area (Å²) >= 11 is 1.17. The van der Waals surface area contributed by atoms with Crippen molar-refractivity contribution in [1.82, 2.24) is 28.9 Å². The number of carbonyl (C=O) groups excluding carboxylic acids is 1. The van der Waals surface area contributed by atoms with Crippen molar-refractivity contribution in [2.24, 2.45) is 14.1 Å². The summed E-state index contributed by atoms with van der Waals surface area (Å²) < 4.78 is 3.88. The van der Waals surface area contributed by atoms with Gasteiger partial charge in [-0.15, -0.1) is 10.2 Å². The number of pyridine rings is 1. The van der Waals surface area contributed by atoms with Gasteiger partial charge in [0, 0.05) is 38.6 Å². The normalized spacial score (nSPS) is 11.0. The molecule has 0 bridgehead atoms. The Bertz CT molecular complexity index is 1160. The zero-order valence-electron chi connectivity index (χ0n) is 16.3. The van der Waals surface area contributed by atoms with Crippen LogP contribution in [0, 0.1) is 0 Å². The number of nitrogens with zero attached hydrogens (tertiary/aromatic N) is 6. The summed E-state index contributed by atoms with van der Waals surface area (Å²) in [5.41, 5.74) is 5.25. The molecule has 11 heteroatoms. The number of ketones is 1. The topological polar surface area (TPSA) is 131 Å². The van der Waals surface area contributed by atoms with E-state index in [4.69, 9.17) is 5.73 Å². The number of thioether (sulfide) groups is 1. The molecule has 0 saturated heterocycles. The molecule has 0 aromatic carbocycles. The Morgan fingerprint density at radius 3 is 2.48 bits per heavy atom. The van der Waals surface area contributed by atoms with E-state index in [1.54, 1.807) is 12.4 Å². The van der Waals surface area contributed by atoms with Crippen LogP contribution in [0.15, 0.2) is 39.3 Å². The molecule has 0 radical (unpaired) electrons. The van der Waals surface area contributed by atoms with Crippen LogP contribution in [-0.2, 0) is 20.6 Å². The summed E-state index contributed by atoms with van der Waals surface area (Å²) in [5, 5.41) is 9.01. The third-order valence-electron chi connectivity index (χ3n) is 4.42. The molecule has 0 saturated carbocycles. The van der Waals surface area contributed by atoms with E-state index in [9.17, 15) is 14.4 Å². The predicted molar refractivity (Wildman–Crippen MR) is 110 cm³/mol. The van der Waals surface area contributed by atoms with E-state index < -0.39 is 17.0 Å². The van der Waals surface area contributed by atoms with Crippen LogP contribution in [0.1, 0.15) is 23.7 Å². The van der Waals surface area contributed by atoms with Crippen LogP contribution in [0.25, 0.3) is 11.4 Å². The number of aromatic nitrogens is 6. The Morgan fingerprint density at radius 2 is 1.83 bits per heavy atom. The molecular formula is C18H21N7O3S. The second-order valence-corrected chi connectivity index (χ2v) is 7.31. The van der Waals surface area contributed by atoms with Gasteiger partial charge in [0.25, 0.3) is 5.56 Å². The molecular weight excluding hydrogens is 394 g/mol. The monoisotopic (exact) mass is 415 g/mol. The van der Waals surface area contributed by atoms with E-state index in [0.29, 0.717) is 17.5 Å². The van der Waals surface area contributed by atoms with Gasteiger partial charge in [0.15, 0.2) is 16.8 Å². The van der Waals surface area contributed by atoms with Crippen LogP contribution >= 0.6 is 11.8 Å². The minimum atomic E-state index is -0.705. The van der Waals surface area contributed by atoms with Crippen LogP contribution in [0.3, 0.4) is 0 Å². The molecule has 0 spiro atoms. The van der Waals surface area contributed by atoms with Crippen molar-refractivity contribution in [2.45, 2.75) is 25.0 Å². The van der Waals surface area contributed by atoms with Gasteiger partial charge in [0.1, 0.15) is 11.4 Å². The lowest BCUT2D eigenvalue weighted by molar-refractivity contribution is 0.102. The Labute approximate surface area is 170 Å². The van der Waals surface area contributed by atoms with Crippen molar-refractivity contribution in [2.75, 3.05) is 11.5 Å². The Balaban J connectivity index is 1.90. The van der Waals surface area contributed by atoms with Crippen LogP contribution in [0.2, 0.25) is 0 Å². The third kappa shape index (κ3) is 3.86. The predicted octanol–water partition coefficient (Wildman–Crippen LogP) is 0.705. The average molecular weight is 415 g/mol. The standard InChI is InChI=1S/C18H21N7O3S/c1-4-9-25-15(11-5-7-20-8-6-11)21-22-17(25)29-10-12(26)13-14(19)23(2)18(28)24(3)16(13)27/h5-8H,4,9-10,19H2,1-3H3. The highest BCUT2D eigenvalue weighted by molar-refractivity contribution is 7.99. The summed E-state index contributed by atoms with van der Waals surface area (Å²) in [5.74, 6) is 0.00804. The number of anilines is 1. The minimum absolute atomic E-state index is 0.0597. The molecule has 3 aromatic heterocycles. The van der Waals surface area contributed by atoms with Crippen LogP contribution in [0.4, 0.5) is 5.82 Å². The number of rotatable bonds is 7. The molecule has 152 valence electrons. The first kappa shape index (κ1) is 20.5. The molecule has 0 fully saturated rings. The van der Waals surface area contributed by atoms with Crippen LogP contribution in [-0.4, -0.2) is 40.4 Å². The molecule has 10 nitrogen and oxygen atoms in total. The SMILES string of the molecule is CCCn1c(SCC(=O)c2c(N)n(C)c(=O)n(C)c2=O)nnc1-c1ccncc1. The molecule has 0 unspecified atom stereocenters. The number of nitrogen functional groups attached to an aromatic ring is 1. The number of hydrogen-bond donors (Lipinski definition) is 1. The molecule has 0 aliphatic heterocycles. The quantitative estimate of drug-likeness (QED) is 0.441. The van der Waals surface area contributed by atoms with Crippen molar-refractivity contribution in [3.63, 3.8) is 0 Å². The maximum atomic E-state index is 12.7. The summed E-state index contributed by atoms with van der Waals surface area (Å²) in [6.45, 7) is 2.70. The maximum Gasteiger partial charge on any atom is 0.332 e. The van der Waals surface area contributed by atoms with Gasteiger partial charge >= 0.3 is 5.69 Å². The molecule has 3 rings (SSSR count). The Kier molecular flexibility index (Phi) is 5.97. The summed E-state index contributed by atoms with van der Waals surface area (Å²) in [6.07, 6.45) is 4.20. The smallest absolute Gasteiger partial charge is 0.332 e. The first-order chi connectivity index (χ1) is 13.9. The van der Waals surface area contributed by atoms with Gasteiger partial charge in [0.2, 0.25) is 0 Å². The number of hydrogen-bond acceptors (Lipinski definition) is 8. The molecule has 0 amide bonds. The summed E-state index contributed by atoms with van der Waals surface area (Å²) in [7, 11) is 2.73. The van der Waals surface area contributed by atoms with Gasteiger partial charge in [-0.2, -0.15) is 0 Å². The van der Waals surface area contributed by atoms with Crippen molar-refractivity contribution < 1.29 is 4.79 Å². The van der Waals surface area contributed by atoms with E-state index in [2.05, 4.69) is 15.2 Å². The lowest BCUT2D eigenvalue weighted by Gasteiger charge is -2.11. The fourth-order valence-corrected chi connectivity index (χ4v) is 3.70. The van der Waals surface area contributed by atoms with E-state index in [1.165, 1.54) is 25.9 Å². The first-order valence-electron chi connectivity index (χ1n) is 8.91. The van der Waals surface area contributed by atoms with E-state index in [0.717, 1.165) is 21.1 Å². The van der Waals surface area contributed by atoms with Crippen molar-refractivity contribution in [3.8, 4) is 11.4 Å². The van der Waals surface area contributed by atoms with Crippen LogP contribution < -0.4 is 17.0 Å². The highest BCUT2D eigenvalue weighted by Crippen LogP contribution is 2.24. The lowest BCUT2D eigenvalue weighted by atomic mass is 10.2.